The van der Waals surface area contributed by atoms with Gasteiger partial charge in [-0.15, -0.1) is 0 Å². The lowest BCUT2D eigenvalue weighted by Crippen LogP contribution is -2.44. The van der Waals surface area contributed by atoms with Gasteiger partial charge in [0.15, 0.2) is 5.82 Å². The second kappa shape index (κ2) is 15.5. The monoisotopic (exact) mass is 863 g/mol. The summed E-state index contributed by atoms with van der Waals surface area (Å²) in [5, 5.41) is 5.00. The first kappa shape index (κ1) is 40.2. The van der Waals surface area contributed by atoms with Crippen molar-refractivity contribution in [3.8, 4) is 33.9 Å². The summed E-state index contributed by atoms with van der Waals surface area (Å²) in [6.45, 7) is 10.00. The van der Waals surface area contributed by atoms with E-state index < -0.39 is 0 Å². The summed E-state index contributed by atoms with van der Waals surface area (Å²) in [6.07, 6.45) is 11.3. The largest absolute Gasteiger partial charge is 0.309 e. The summed E-state index contributed by atoms with van der Waals surface area (Å²) in [5.41, 5.74) is 10.5. The van der Waals surface area contributed by atoms with Gasteiger partial charge in [-0.25, -0.2) is 15.0 Å². The molecule has 330 valence electrons. The fourth-order valence-electron chi connectivity index (χ4n) is 15.0. The topological polar surface area (TPSA) is 48.5 Å². The average Bonchev–Trinajstić information content (AvgIpc) is 3.72. The minimum atomic E-state index is -0.0254. The maximum atomic E-state index is 5.85. The van der Waals surface area contributed by atoms with E-state index in [1.807, 2.05) is 0 Å². The zero-order valence-electron chi connectivity index (χ0n) is 39.0. The van der Waals surface area contributed by atoms with Crippen LogP contribution in [0.1, 0.15) is 103 Å². The Hall–Kier alpha value is -6.07. The number of benzene rings is 6. The third-order valence-electron chi connectivity index (χ3n) is 17.1. The lowest BCUT2D eigenvalue weighted by atomic mass is 9.56. The van der Waals surface area contributed by atoms with Gasteiger partial charge in [-0.3, -0.25) is 0 Å². The molecule has 5 nitrogen and oxygen atoms in total. The molecule has 3 aromatic heterocycles. The second-order valence-electron chi connectivity index (χ2n) is 21.9. The molecule has 5 saturated carbocycles. The predicted molar refractivity (Wildman–Crippen MR) is 272 cm³/mol. The summed E-state index contributed by atoms with van der Waals surface area (Å²) in [4.78, 5) is 17.5. The summed E-state index contributed by atoms with van der Waals surface area (Å²) in [5.74, 6) is 8.17. The van der Waals surface area contributed by atoms with Gasteiger partial charge in [0.25, 0.3) is 0 Å². The number of rotatable bonds is 6. The van der Waals surface area contributed by atoms with E-state index in [-0.39, 0.29) is 5.41 Å². The van der Waals surface area contributed by atoms with Gasteiger partial charge in [-0.2, -0.15) is 0 Å². The Balaban J connectivity index is 1.07. The molecule has 9 aromatic rings. The smallest absolute Gasteiger partial charge is 0.165 e. The second-order valence-corrected chi connectivity index (χ2v) is 21.9. The molecule has 0 aliphatic heterocycles. The Bertz CT molecular complexity index is 3250. The molecule has 5 heteroatoms. The maximum absolute atomic E-state index is 5.85. The van der Waals surface area contributed by atoms with Crippen LogP contribution in [0.3, 0.4) is 0 Å². The molecule has 3 heterocycles. The van der Waals surface area contributed by atoms with Gasteiger partial charge in [0.2, 0.25) is 0 Å². The Morgan fingerprint density at radius 3 is 1.79 bits per heavy atom. The highest BCUT2D eigenvalue weighted by molar-refractivity contribution is 6.13. The maximum Gasteiger partial charge on any atom is 0.165 e. The van der Waals surface area contributed by atoms with Crippen molar-refractivity contribution < 1.29 is 0 Å². The minimum Gasteiger partial charge on any atom is -0.309 e. The number of hydrogen-bond donors (Lipinski definition) is 0. The van der Waals surface area contributed by atoms with Crippen LogP contribution in [-0.4, -0.2) is 24.1 Å². The molecule has 3 unspecified atom stereocenters. The van der Waals surface area contributed by atoms with Gasteiger partial charge in [0, 0.05) is 49.7 Å². The van der Waals surface area contributed by atoms with Gasteiger partial charge in [-0.05, 0) is 147 Å². The van der Waals surface area contributed by atoms with E-state index >= 15 is 0 Å². The SMILES string of the molecule is C[C@@H]1C[C@H]2CC(c3nc(-c4cccc(-c5ccccc5)c4-n4c5ccccc5c5cc(-n6c7ccccc7c7ccccc76)ccc54)nc(C45CC(C[C@@H](C)C4)C[C@H](C)C5)n3)[C@H](C1)[C@@H](C)C2. The summed E-state index contributed by atoms with van der Waals surface area (Å²) < 4.78 is 4.98. The van der Waals surface area contributed by atoms with Gasteiger partial charge < -0.3 is 9.13 Å². The average molecular weight is 864 g/mol. The zero-order valence-corrected chi connectivity index (χ0v) is 39.0. The lowest BCUT2D eigenvalue weighted by Gasteiger charge is -2.49. The van der Waals surface area contributed by atoms with Crippen molar-refractivity contribution in [3.05, 3.63) is 151 Å². The molecule has 0 radical (unpaired) electrons. The number of hydrogen-bond acceptors (Lipinski definition) is 3. The predicted octanol–water partition coefficient (Wildman–Crippen LogP) is 15.7. The molecule has 9 atom stereocenters. The third-order valence-corrected chi connectivity index (χ3v) is 17.1. The number of nitrogens with zero attached hydrogens (tertiary/aromatic N) is 5. The Morgan fingerprint density at radius 2 is 1.08 bits per heavy atom. The number of aromatic nitrogens is 5. The van der Waals surface area contributed by atoms with Crippen LogP contribution in [0.4, 0.5) is 0 Å². The molecule has 6 aromatic carbocycles. The molecule has 5 aliphatic rings. The van der Waals surface area contributed by atoms with E-state index in [1.54, 1.807) is 0 Å². The van der Waals surface area contributed by atoms with Crippen molar-refractivity contribution in [1.29, 1.82) is 0 Å². The van der Waals surface area contributed by atoms with Crippen LogP contribution in [0.25, 0.3) is 77.5 Å². The standard InChI is InChI=1S/C61H61N5/c1-37-27-41-31-40(4)50(30-37)52(32-41)59-62-58(63-60(64-59)61-34-38(2)28-42(36-61)29-39(3)35-61)49-21-14-20-45(43-15-6-5-7-16-43)57(49)66-55-24-13-10-19-48(55)51-33-44(25-26-56(51)66)65-53-22-11-8-17-46(53)47-18-9-12-23-54(47)65/h5-26,33,37-42,50,52H,27-32,34-36H2,1-4H3/t37-,38-,39+,40+,41-,42?,50-,52?,61?/m1/s1. The van der Waals surface area contributed by atoms with E-state index in [0.717, 1.165) is 52.2 Å². The van der Waals surface area contributed by atoms with Gasteiger partial charge in [0.1, 0.15) is 11.6 Å². The van der Waals surface area contributed by atoms with Crippen molar-refractivity contribution in [3.63, 3.8) is 0 Å². The van der Waals surface area contributed by atoms with Crippen molar-refractivity contribution in [2.75, 3.05) is 0 Å². The van der Waals surface area contributed by atoms with Gasteiger partial charge in [-0.1, -0.05) is 125 Å². The quantitative estimate of drug-likeness (QED) is 0.167. The van der Waals surface area contributed by atoms with Gasteiger partial charge >= 0.3 is 0 Å². The van der Waals surface area contributed by atoms with E-state index in [4.69, 9.17) is 15.0 Å². The van der Waals surface area contributed by atoms with E-state index in [2.05, 4.69) is 176 Å². The van der Waals surface area contributed by atoms with Crippen molar-refractivity contribution in [1.82, 2.24) is 24.1 Å². The molecule has 0 spiro atoms. The molecule has 0 saturated heterocycles. The lowest BCUT2D eigenvalue weighted by molar-refractivity contribution is 0.0713. The Labute approximate surface area is 389 Å². The first-order valence-electron chi connectivity index (χ1n) is 25.3. The van der Waals surface area contributed by atoms with Crippen LogP contribution in [0.5, 0.6) is 0 Å². The van der Waals surface area contributed by atoms with E-state index in [9.17, 15) is 0 Å². The van der Waals surface area contributed by atoms with Crippen molar-refractivity contribution in [2.45, 2.75) is 96.8 Å². The summed E-state index contributed by atoms with van der Waals surface area (Å²) in [6, 6.07) is 51.6. The molecule has 66 heavy (non-hydrogen) atoms. The van der Waals surface area contributed by atoms with Crippen LogP contribution >= 0.6 is 0 Å². The highest BCUT2D eigenvalue weighted by Gasteiger charge is 2.49. The first-order chi connectivity index (χ1) is 32.3. The fourth-order valence-corrected chi connectivity index (χ4v) is 15.0. The third kappa shape index (κ3) is 6.43. The number of para-hydroxylation sites is 4. The van der Waals surface area contributed by atoms with Crippen LogP contribution in [0.15, 0.2) is 140 Å². The molecule has 5 aliphatic carbocycles. The zero-order chi connectivity index (χ0) is 44.3. The molecule has 14 rings (SSSR count). The van der Waals surface area contributed by atoms with E-state index in [1.165, 1.54) is 113 Å². The molecule has 4 bridgehead atoms. The number of fused-ring (bicyclic) bond motifs is 12. The Morgan fingerprint density at radius 1 is 0.470 bits per heavy atom. The fraction of sp³-hybridized carbons (Fsp3) is 0.361. The Kier molecular flexibility index (Phi) is 9.45. The molecule has 0 N–H and O–H groups in total. The summed E-state index contributed by atoms with van der Waals surface area (Å²) in [7, 11) is 0. The van der Waals surface area contributed by atoms with Crippen molar-refractivity contribution in [2.24, 2.45) is 41.4 Å². The van der Waals surface area contributed by atoms with Gasteiger partial charge in [0.05, 0.1) is 27.8 Å². The minimum absolute atomic E-state index is 0.0254. The normalized spacial score (nSPS) is 27.5. The van der Waals surface area contributed by atoms with Crippen LogP contribution in [-0.2, 0) is 5.41 Å². The summed E-state index contributed by atoms with van der Waals surface area (Å²) >= 11 is 0. The van der Waals surface area contributed by atoms with Crippen LogP contribution in [0.2, 0.25) is 0 Å². The van der Waals surface area contributed by atoms with Crippen LogP contribution < -0.4 is 0 Å². The molecular weight excluding hydrogens is 803 g/mol. The highest BCUT2D eigenvalue weighted by Crippen LogP contribution is 2.55. The van der Waals surface area contributed by atoms with E-state index in [0.29, 0.717) is 29.6 Å². The first-order valence-corrected chi connectivity index (χ1v) is 25.3. The molecule has 0 amide bonds. The molecule has 5 fully saturated rings. The molecular formula is C61H61N5. The highest BCUT2D eigenvalue weighted by atomic mass is 15.1. The van der Waals surface area contributed by atoms with Crippen LogP contribution in [0, 0.1) is 41.4 Å². The van der Waals surface area contributed by atoms with Crippen molar-refractivity contribution >= 4 is 43.6 Å².